The first-order chi connectivity index (χ1) is 11.2. The predicted molar refractivity (Wildman–Crippen MR) is 93.5 cm³/mol. The van der Waals surface area contributed by atoms with E-state index < -0.39 is 0 Å². The summed E-state index contributed by atoms with van der Waals surface area (Å²) in [5.41, 5.74) is 2.46. The number of ether oxygens (including phenoxy) is 1. The van der Waals surface area contributed by atoms with Gasteiger partial charge in [-0.05, 0) is 48.2 Å². The van der Waals surface area contributed by atoms with Gasteiger partial charge in [0.05, 0.1) is 11.4 Å². The van der Waals surface area contributed by atoms with Gasteiger partial charge in [-0.25, -0.2) is 4.79 Å². The number of carbonyl (C=O) groups is 1. The highest BCUT2D eigenvalue weighted by atomic mass is 35.5. The first kappa shape index (κ1) is 16.1. The second kappa shape index (κ2) is 7.23. The van der Waals surface area contributed by atoms with Crippen LogP contribution < -0.4 is 10.1 Å². The van der Waals surface area contributed by atoms with E-state index >= 15 is 0 Å². The lowest BCUT2D eigenvalue weighted by Gasteiger charge is -2.29. The lowest BCUT2D eigenvalue weighted by Crippen LogP contribution is -2.43. The van der Waals surface area contributed by atoms with Gasteiger partial charge in [0.1, 0.15) is 5.75 Å². The number of methoxy groups -OCH3 is 1. The minimum absolute atomic E-state index is 0.0128. The lowest BCUT2D eigenvalue weighted by atomic mass is 10.00. The van der Waals surface area contributed by atoms with Crippen molar-refractivity contribution in [2.75, 3.05) is 20.2 Å². The zero-order valence-corrected chi connectivity index (χ0v) is 14.5. The average Bonchev–Trinajstić information content (AvgIpc) is 2.99. The number of benzene rings is 1. The second-order valence-electron chi connectivity index (χ2n) is 5.49. The number of urea groups is 1. The summed E-state index contributed by atoms with van der Waals surface area (Å²) in [5.74, 6) is 0.834. The van der Waals surface area contributed by atoms with Gasteiger partial charge in [0.25, 0.3) is 0 Å². The van der Waals surface area contributed by atoms with E-state index in [0.717, 1.165) is 35.0 Å². The fourth-order valence-electron chi connectivity index (χ4n) is 2.72. The van der Waals surface area contributed by atoms with Crippen LogP contribution in [-0.4, -0.2) is 31.1 Å². The molecule has 1 N–H and O–H groups in total. The molecule has 0 unspecified atom stereocenters. The number of nitrogens with one attached hydrogen (secondary N) is 1. The van der Waals surface area contributed by atoms with Crippen molar-refractivity contribution in [3.05, 3.63) is 50.7 Å². The number of hydrogen-bond acceptors (Lipinski definition) is 3. The molecule has 3 rings (SSSR count). The van der Waals surface area contributed by atoms with Gasteiger partial charge in [-0.15, -0.1) is 11.3 Å². The molecule has 0 spiro atoms. The Hall–Kier alpha value is -1.72. The summed E-state index contributed by atoms with van der Waals surface area (Å²) >= 11 is 7.47. The Kier molecular flexibility index (Phi) is 5.08. The Balaban J connectivity index is 1.54. The van der Waals surface area contributed by atoms with Gasteiger partial charge in [0, 0.05) is 24.5 Å². The monoisotopic (exact) mass is 350 g/mol. The molecule has 122 valence electrons. The molecular weight excluding hydrogens is 332 g/mol. The zero-order valence-electron chi connectivity index (χ0n) is 13.0. The van der Waals surface area contributed by atoms with Gasteiger partial charge in [-0.3, -0.25) is 0 Å². The van der Waals surface area contributed by atoms with Gasteiger partial charge >= 0.3 is 6.03 Å². The first-order valence-electron chi connectivity index (χ1n) is 7.58. The molecule has 2 heterocycles. The van der Waals surface area contributed by atoms with Gasteiger partial charge in [-0.1, -0.05) is 17.7 Å². The molecular formula is C17H19ClN2O2S. The molecule has 0 fully saturated rings. The number of thiophene rings is 1. The number of rotatable bonds is 4. The molecule has 0 atom stereocenters. The quantitative estimate of drug-likeness (QED) is 0.913. The van der Waals surface area contributed by atoms with E-state index in [4.69, 9.17) is 16.3 Å². The summed E-state index contributed by atoms with van der Waals surface area (Å²) in [6.45, 7) is 2.00. The molecule has 1 aliphatic heterocycles. The summed E-state index contributed by atoms with van der Waals surface area (Å²) in [6.07, 6.45) is 1.69. The van der Waals surface area contributed by atoms with Crippen molar-refractivity contribution in [2.24, 2.45) is 0 Å². The van der Waals surface area contributed by atoms with Crippen molar-refractivity contribution >= 4 is 29.0 Å². The van der Waals surface area contributed by atoms with Crippen LogP contribution in [0.3, 0.4) is 0 Å². The summed E-state index contributed by atoms with van der Waals surface area (Å²) in [6, 6.07) is 9.95. The van der Waals surface area contributed by atoms with Gasteiger partial charge in [-0.2, -0.15) is 0 Å². The van der Waals surface area contributed by atoms with E-state index in [1.54, 1.807) is 18.4 Å². The summed E-state index contributed by atoms with van der Waals surface area (Å²) in [4.78, 5) is 15.4. The largest absolute Gasteiger partial charge is 0.497 e. The molecule has 2 aromatic rings. The molecule has 0 aliphatic carbocycles. The number of hydrogen-bond donors (Lipinski definition) is 1. The van der Waals surface area contributed by atoms with E-state index in [1.165, 1.54) is 10.4 Å². The maximum absolute atomic E-state index is 12.3. The molecule has 0 saturated heterocycles. The predicted octanol–water partition coefficient (Wildman–Crippen LogP) is 3.72. The third-order valence-electron chi connectivity index (χ3n) is 3.99. The number of nitrogens with zero attached hydrogens (tertiary/aromatic N) is 1. The van der Waals surface area contributed by atoms with Crippen LogP contribution in [-0.2, 0) is 19.4 Å². The van der Waals surface area contributed by atoms with Crippen molar-refractivity contribution < 1.29 is 9.53 Å². The minimum atomic E-state index is -0.0128. The van der Waals surface area contributed by atoms with Crippen molar-refractivity contribution in [2.45, 2.75) is 19.4 Å². The highest BCUT2D eigenvalue weighted by Crippen LogP contribution is 2.24. The van der Waals surface area contributed by atoms with Crippen molar-refractivity contribution in [1.82, 2.24) is 10.2 Å². The van der Waals surface area contributed by atoms with Gasteiger partial charge < -0.3 is 15.0 Å². The van der Waals surface area contributed by atoms with E-state index in [2.05, 4.69) is 11.4 Å². The third kappa shape index (κ3) is 3.98. The zero-order chi connectivity index (χ0) is 16.2. The Morgan fingerprint density at radius 3 is 2.96 bits per heavy atom. The van der Waals surface area contributed by atoms with E-state index in [1.807, 2.05) is 29.2 Å². The van der Waals surface area contributed by atoms with Crippen LogP contribution in [0.5, 0.6) is 5.75 Å². The number of carbonyl (C=O) groups excluding carboxylic acids is 1. The Bertz CT molecular complexity index is 702. The maximum atomic E-state index is 12.3. The summed E-state index contributed by atoms with van der Waals surface area (Å²) in [5, 5.41) is 2.99. The molecule has 0 bridgehead atoms. The average molecular weight is 351 g/mol. The molecule has 1 aromatic heterocycles. The lowest BCUT2D eigenvalue weighted by molar-refractivity contribution is 0.192. The van der Waals surface area contributed by atoms with E-state index in [-0.39, 0.29) is 6.03 Å². The van der Waals surface area contributed by atoms with Crippen LogP contribution in [0.1, 0.15) is 16.0 Å². The molecule has 0 radical (unpaired) electrons. The molecule has 23 heavy (non-hydrogen) atoms. The first-order valence-corrected chi connectivity index (χ1v) is 8.78. The van der Waals surface area contributed by atoms with Crippen molar-refractivity contribution in [3.63, 3.8) is 0 Å². The highest BCUT2D eigenvalue weighted by Gasteiger charge is 2.20. The number of amides is 2. The fraction of sp³-hybridized carbons (Fsp3) is 0.353. The van der Waals surface area contributed by atoms with Crippen LogP contribution in [0.25, 0.3) is 0 Å². The summed E-state index contributed by atoms with van der Waals surface area (Å²) in [7, 11) is 1.66. The molecule has 1 aromatic carbocycles. The standard InChI is InChI=1S/C17H19ClN2O2S/c1-22-14-3-2-12-7-9-20(11-13(12)10-14)17(21)19-8-6-15-4-5-16(18)23-15/h2-5,10H,6-9,11H2,1H3,(H,19,21). The second-order valence-corrected chi connectivity index (χ2v) is 7.29. The Morgan fingerprint density at radius 2 is 2.22 bits per heavy atom. The molecule has 2 amide bonds. The van der Waals surface area contributed by atoms with E-state index in [9.17, 15) is 4.79 Å². The van der Waals surface area contributed by atoms with Crippen LogP contribution in [0.4, 0.5) is 4.79 Å². The Labute approximate surface area is 145 Å². The number of fused-ring (bicyclic) bond motifs is 1. The molecule has 6 heteroatoms. The van der Waals surface area contributed by atoms with Crippen LogP contribution in [0.2, 0.25) is 4.34 Å². The third-order valence-corrected chi connectivity index (χ3v) is 5.28. The van der Waals surface area contributed by atoms with Crippen LogP contribution in [0.15, 0.2) is 30.3 Å². The van der Waals surface area contributed by atoms with Crippen molar-refractivity contribution in [3.8, 4) is 5.75 Å². The van der Waals surface area contributed by atoms with Crippen molar-refractivity contribution in [1.29, 1.82) is 0 Å². The summed E-state index contributed by atoms with van der Waals surface area (Å²) < 4.78 is 6.05. The molecule has 1 aliphatic rings. The minimum Gasteiger partial charge on any atom is -0.497 e. The topological polar surface area (TPSA) is 41.6 Å². The SMILES string of the molecule is COc1ccc2c(c1)CN(C(=O)NCCc1ccc(Cl)s1)CC2. The maximum Gasteiger partial charge on any atom is 0.317 e. The number of halogens is 1. The highest BCUT2D eigenvalue weighted by molar-refractivity contribution is 7.16. The van der Waals surface area contributed by atoms with Gasteiger partial charge in [0.2, 0.25) is 0 Å². The Morgan fingerprint density at radius 1 is 1.35 bits per heavy atom. The molecule has 4 nitrogen and oxygen atoms in total. The molecule has 0 saturated carbocycles. The fourth-order valence-corrected chi connectivity index (χ4v) is 3.81. The van der Waals surface area contributed by atoms with Crippen LogP contribution in [0, 0.1) is 0 Å². The van der Waals surface area contributed by atoms with Crippen LogP contribution >= 0.6 is 22.9 Å². The van der Waals surface area contributed by atoms with E-state index in [0.29, 0.717) is 13.1 Å². The smallest absolute Gasteiger partial charge is 0.317 e. The normalized spacial score (nSPS) is 13.6. The van der Waals surface area contributed by atoms with Gasteiger partial charge in [0.15, 0.2) is 0 Å².